The lowest BCUT2D eigenvalue weighted by molar-refractivity contribution is 0.744. The van der Waals surface area contributed by atoms with Crippen molar-refractivity contribution in [1.29, 1.82) is 0 Å². The highest BCUT2D eigenvalue weighted by molar-refractivity contribution is 5.67. The molecule has 0 aliphatic heterocycles. The van der Waals surface area contributed by atoms with E-state index < -0.39 is 0 Å². The lowest BCUT2D eigenvalue weighted by Crippen LogP contribution is -2.17. The summed E-state index contributed by atoms with van der Waals surface area (Å²) in [5, 5.41) is 6.94. The van der Waals surface area contributed by atoms with Gasteiger partial charge in [-0.25, -0.2) is 4.98 Å². The van der Waals surface area contributed by atoms with E-state index in [1.807, 2.05) is 24.3 Å². The van der Waals surface area contributed by atoms with E-state index in [-0.39, 0.29) is 0 Å². The number of hydrogen-bond acceptors (Lipinski definition) is 4. The van der Waals surface area contributed by atoms with Crippen LogP contribution in [-0.2, 0) is 0 Å². The molecular weight excluding hydrogens is 320 g/mol. The molecule has 1 aliphatic rings. The van der Waals surface area contributed by atoms with Crippen molar-refractivity contribution < 1.29 is 0 Å². The number of aryl methyl sites for hydroxylation is 1. The molecule has 26 heavy (non-hydrogen) atoms. The zero-order chi connectivity index (χ0) is 17.8. The molecule has 0 amide bonds. The van der Waals surface area contributed by atoms with Crippen molar-refractivity contribution in [3.8, 4) is 11.3 Å². The fraction of sp³-hybridized carbons (Fsp3) is 0.273. The fourth-order valence-corrected chi connectivity index (χ4v) is 3.37. The maximum atomic E-state index is 4.76. The van der Waals surface area contributed by atoms with Crippen LogP contribution in [0.1, 0.15) is 31.2 Å². The summed E-state index contributed by atoms with van der Waals surface area (Å²) in [6.45, 7) is 2.09. The van der Waals surface area contributed by atoms with Crippen molar-refractivity contribution in [1.82, 2.24) is 9.97 Å². The van der Waals surface area contributed by atoms with Crippen LogP contribution in [0.3, 0.4) is 0 Å². The van der Waals surface area contributed by atoms with Crippen molar-refractivity contribution in [2.75, 3.05) is 10.6 Å². The highest BCUT2D eigenvalue weighted by Crippen LogP contribution is 2.26. The molecule has 1 heterocycles. The first-order valence-electron chi connectivity index (χ1n) is 9.31. The van der Waals surface area contributed by atoms with Crippen LogP contribution in [-0.4, -0.2) is 16.0 Å². The van der Waals surface area contributed by atoms with Gasteiger partial charge in [-0.15, -0.1) is 0 Å². The minimum absolute atomic E-state index is 0.480. The number of nitrogens with one attached hydrogen (secondary N) is 2. The Labute approximate surface area is 154 Å². The first-order valence-corrected chi connectivity index (χ1v) is 9.31. The summed E-state index contributed by atoms with van der Waals surface area (Å²) in [7, 11) is 0. The Morgan fingerprint density at radius 3 is 2.35 bits per heavy atom. The topological polar surface area (TPSA) is 49.8 Å². The summed E-state index contributed by atoms with van der Waals surface area (Å²) in [6, 6.07) is 21.1. The predicted molar refractivity (Wildman–Crippen MR) is 108 cm³/mol. The maximum Gasteiger partial charge on any atom is 0.225 e. The molecule has 1 aliphatic carbocycles. The van der Waals surface area contributed by atoms with Crippen molar-refractivity contribution in [3.05, 3.63) is 66.2 Å². The molecule has 0 saturated heterocycles. The van der Waals surface area contributed by atoms with Crippen molar-refractivity contribution in [3.63, 3.8) is 0 Å². The van der Waals surface area contributed by atoms with E-state index in [1.54, 1.807) is 0 Å². The smallest absolute Gasteiger partial charge is 0.225 e. The van der Waals surface area contributed by atoms with Crippen LogP contribution in [0.15, 0.2) is 60.7 Å². The lowest BCUT2D eigenvalue weighted by Gasteiger charge is -2.15. The van der Waals surface area contributed by atoms with Crippen LogP contribution < -0.4 is 10.6 Å². The Morgan fingerprint density at radius 2 is 1.62 bits per heavy atom. The normalized spacial score (nSPS) is 14.3. The molecule has 1 saturated carbocycles. The largest absolute Gasteiger partial charge is 0.351 e. The molecule has 4 rings (SSSR count). The standard InChI is InChI=1S/C22H24N4/c1-16-11-13-19(14-12-16)23-21-15-20(17-7-3-2-4-8-17)25-22(26-21)24-18-9-5-6-10-18/h2-4,7-8,11-15,18H,5-6,9-10H2,1H3,(H2,23,24,25,26). The zero-order valence-corrected chi connectivity index (χ0v) is 15.1. The van der Waals surface area contributed by atoms with Crippen LogP contribution in [0.25, 0.3) is 11.3 Å². The van der Waals surface area contributed by atoms with E-state index in [0.29, 0.717) is 12.0 Å². The van der Waals surface area contributed by atoms with Gasteiger partial charge in [0.15, 0.2) is 0 Å². The Balaban J connectivity index is 1.65. The second kappa shape index (κ2) is 7.56. The second-order valence-electron chi connectivity index (χ2n) is 6.94. The zero-order valence-electron chi connectivity index (χ0n) is 15.1. The summed E-state index contributed by atoms with van der Waals surface area (Å²) in [5.41, 5.74) is 4.29. The summed E-state index contributed by atoms with van der Waals surface area (Å²) < 4.78 is 0. The van der Waals surface area contributed by atoms with Gasteiger partial charge in [-0.2, -0.15) is 4.98 Å². The van der Waals surface area contributed by atoms with Gasteiger partial charge in [0.05, 0.1) is 5.69 Å². The molecule has 0 spiro atoms. The summed E-state index contributed by atoms with van der Waals surface area (Å²) in [6.07, 6.45) is 4.95. The second-order valence-corrected chi connectivity index (χ2v) is 6.94. The van der Waals surface area contributed by atoms with Gasteiger partial charge in [-0.3, -0.25) is 0 Å². The summed E-state index contributed by atoms with van der Waals surface area (Å²) >= 11 is 0. The Morgan fingerprint density at radius 1 is 0.885 bits per heavy atom. The van der Waals surface area contributed by atoms with Crippen molar-refractivity contribution >= 4 is 17.5 Å². The van der Waals surface area contributed by atoms with E-state index in [1.165, 1.54) is 31.2 Å². The molecule has 132 valence electrons. The van der Waals surface area contributed by atoms with Gasteiger partial charge < -0.3 is 10.6 Å². The quantitative estimate of drug-likeness (QED) is 0.637. The number of benzene rings is 2. The predicted octanol–water partition coefficient (Wildman–Crippen LogP) is 5.55. The molecule has 2 N–H and O–H groups in total. The summed E-state index contributed by atoms with van der Waals surface area (Å²) in [4.78, 5) is 9.47. The highest BCUT2D eigenvalue weighted by Gasteiger charge is 2.16. The van der Waals surface area contributed by atoms with E-state index >= 15 is 0 Å². The van der Waals surface area contributed by atoms with Crippen LogP contribution in [0.5, 0.6) is 0 Å². The first kappa shape index (κ1) is 16.6. The third-order valence-electron chi connectivity index (χ3n) is 4.81. The molecule has 0 atom stereocenters. The molecule has 4 nitrogen and oxygen atoms in total. The monoisotopic (exact) mass is 344 g/mol. The molecule has 0 unspecified atom stereocenters. The van der Waals surface area contributed by atoms with Gasteiger partial charge in [0.25, 0.3) is 0 Å². The van der Waals surface area contributed by atoms with E-state index in [0.717, 1.165) is 22.8 Å². The summed E-state index contributed by atoms with van der Waals surface area (Å²) in [5.74, 6) is 1.51. The number of anilines is 3. The van der Waals surface area contributed by atoms with E-state index in [9.17, 15) is 0 Å². The van der Waals surface area contributed by atoms with Crippen LogP contribution in [0, 0.1) is 6.92 Å². The Bertz CT molecular complexity index is 853. The van der Waals surface area contributed by atoms with Gasteiger partial charge in [-0.1, -0.05) is 60.9 Å². The average molecular weight is 344 g/mol. The minimum Gasteiger partial charge on any atom is -0.351 e. The highest BCUT2D eigenvalue weighted by atomic mass is 15.2. The van der Waals surface area contributed by atoms with Gasteiger partial charge in [0.2, 0.25) is 5.95 Å². The number of hydrogen-bond donors (Lipinski definition) is 2. The van der Waals surface area contributed by atoms with Gasteiger partial charge in [-0.05, 0) is 31.9 Å². The van der Waals surface area contributed by atoms with Crippen LogP contribution in [0.4, 0.5) is 17.5 Å². The maximum absolute atomic E-state index is 4.76. The van der Waals surface area contributed by atoms with Crippen molar-refractivity contribution in [2.24, 2.45) is 0 Å². The number of rotatable bonds is 5. The molecule has 0 radical (unpaired) electrons. The molecular formula is C22H24N4. The van der Waals surface area contributed by atoms with Crippen LogP contribution in [0.2, 0.25) is 0 Å². The van der Waals surface area contributed by atoms with Gasteiger partial charge in [0.1, 0.15) is 5.82 Å². The van der Waals surface area contributed by atoms with E-state index in [4.69, 9.17) is 9.97 Å². The third kappa shape index (κ3) is 4.02. The SMILES string of the molecule is Cc1ccc(Nc2cc(-c3ccccc3)nc(NC3CCCC3)n2)cc1. The number of nitrogens with zero attached hydrogens (tertiary/aromatic N) is 2. The Kier molecular flexibility index (Phi) is 4.82. The Hall–Kier alpha value is -2.88. The number of aromatic nitrogens is 2. The molecule has 0 bridgehead atoms. The molecule has 2 aromatic carbocycles. The van der Waals surface area contributed by atoms with Gasteiger partial charge >= 0.3 is 0 Å². The minimum atomic E-state index is 0.480. The molecule has 1 aromatic heterocycles. The van der Waals surface area contributed by atoms with Crippen molar-refractivity contribution in [2.45, 2.75) is 38.6 Å². The van der Waals surface area contributed by atoms with Gasteiger partial charge in [0, 0.05) is 23.4 Å². The van der Waals surface area contributed by atoms with E-state index in [2.05, 4.69) is 54.0 Å². The third-order valence-corrected chi connectivity index (χ3v) is 4.81. The average Bonchev–Trinajstić information content (AvgIpc) is 3.17. The lowest BCUT2D eigenvalue weighted by atomic mass is 10.1. The molecule has 4 heteroatoms. The molecule has 1 fully saturated rings. The fourth-order valence-electron chi connectivity index (χ4n) is 3.37. The first-order chi connectivity index (χ1) is 12.8. The van der Waals surface area contributed by atoms with Crippen LogP contribution >= 0.6 is 0 Å². The molecule has 3 aromatic rings.